The molecular weight excluding hydrogens is 474 g/mol. The maximum absolute atomic E-state index is 13.2. The fourth-order valence-electron chi connectivity index (χ4n) is 3.45. The van der Waals surface area contributed by atoms with Gasteiger partial charge in [-0.15, -0.1) is 0 Å². The van der Waals surface area contributed by atoms with Crippen LogP contribution in [0.15, 0.2) is 72.9 Å². The van der Waals surface area contributed by atoms with Crippen LogP contribution in [0.5, 0.6) is 0 Å². The van der Waals surface area contributed by atoms with Crippen molar-refractivity contribution in [3.63, 3.8) is 0 Å². The maximum atomic E-state index is 13.2. The van der Waals surface area contributed by atoms with Crippen molar-refractivity contribution in [1.82, 2.24) is 15.6 Å². The van der Waals surface area contributed by atoms with Gasteiger partial charge in [0.25, 0.3) is 0 Å². The third kappa shape index (κ3) is 9.77. The number of hydrogen-bond acceptors (Lipinski definition) is 5. The van der Waals surface area contributed by atoms with Gasteiger partial charge in [-0.2, -0.15) is 0 Å². The van der Waals surface area contributed by atoms with Crippen molar-refractivity contribution in [2.75, 3.05) is 18.4 Å². The fraction of sp³-hybridized carbons (Fsp3) is 0.231. The molecule has 1 aromatic heterocycles. The van der Waals surface area contributed by atoms with Crippen molar-refractivity contribution >= 4 is 53.2 Å². The Balaban J connectivity index is 0.00000456. The topological polar surface area (TPSA) is 120 Å². The van der Waals surface area contributed by atoms with Gasteiger partial charge < -0.3 is 21.1 Å². The van der Waals surface area contributed by atoms with Crippen LogP contribution in [0.2, 0.25) is 0 Å². The Kier molecular flexibility index (Phi) is 12.0. The summed E-state index contributed by atoms with van der Waals surface area (Å²) in [6, 6.07) is 17.7. The van der Waals surface area contributed by atoms with Crippen LogP contribution in [-0.2, 0) is 14.4 Å². The first-order valence-electron chi connectivity index (χ1n) is 11.2. The van der Waals surface area contributed by atoms with Crippen LogP contribution in [-0.4, -0.2) is 70.5 Å². The number of carbonyl (C=O) groups excluding carboxylic acids is 2. The van der Waals surface area contributed by atoms with E-state index in [2.05, 4.69) is 20.9 Å². The van der Waals surface area contributed by atoms with E-state index in [9.17, 15) is 23.9 Å². The summed E-state index contributed by atoms with van der Waals surface area (Å²) >= 11 is 0. The molecule has 0 aliphatic heterocycles. The van der Waals surface area contributed by atoms with Gasteiger partial charge in [-0.1, -0.05) is 36.4 Å². The van der Waals surface area contributed by atoms with Gasteiger partial charge in [-0.25, -0.2) is 9.37 Å². The molecule has 1 heterocycles. The number of nitrogens with zero attached hydrogens (tertiary/aromatic N) is 1. The van der Waals surface area contributed by atoms with Crippen LogP contribution >= 0.6 is 0 Å². The van der Waals surface area contributed by atoms with E-state index in [-0.39, 0.29) is 60.7 Å². The number of hydrogen-bond donors (Lipinski definition) is 4. The number of nitrogens with one attached hydrogen (secondary N) is 3. The van der Waals surface area contributed by atoms with E-state index in [1.807, 2.05) is 24.3 Å². The van der Waals surface area contributed by atoms with E-state index in [0.29, 0.717) is 18.5 Å². The summed E-state index contributed by atoms with van der Waals surface area (Å²) in [6.07, 6.45) is 2.13. The molecule has 0 aliphatic rings. The molecule has 0 bridgehead atoms. The van der Waals surface area contributed by atoms with Gasteiger partial charge in [0, 0.05) is 19.2 Å². The zero-order valence-electron chi connectivity index (χ0n) is 19.0. The van der Waals surface area contributed by atoms with Crippen LogP contribution in [0.1, 0.15) is 30.9 Å². The van der Waals surface area contributed by atoms with E-state index < -0.39 is 17.9 Å². The fourth-order valence-corrected chi connectivity index (χ4v) is 3.45. The third-order valence-corrected chi connectivity index (χ3v) is 5.18. The molecule has 2 amide bonds. The van der Waals surface area contributed by atoms with Crippen molar-refractivity contribution in [2.45, 2.75) is 25.3 Å². The van der Waals surface area contributed by atoms with Crippen molar-refractivity contribution in [1.29, 1.82) is 0 Å². The first-order valence-corrected chi connectivity index (χ1v) is 11.2. The second-order valence-electron chi connectivity index (χ2n) is 7.87. The number of halogens is 1. The van der Waals surface area contributed by atoms with Crippen LogP contribution in [0.3, 0.4) is 0 Å². The van der Waals surface area contributed by atoms with Crippen molar-refractivity contribution in [2.24, 2.45) is 0 Å². The minimum atomic E-state index is -1.08. The minimum absolute atomic E-state index is 0. The molecule has 36 heavy (non-hydrogen) atoms. The first kappa shape index (κ1) is 29.0. The number of carbonyl (C=O) groups is 3. The van der Waals surface area contributed by atoms with Gasteiger partial charge in [0.1, 0.15) is 11.6 Å². The molecule has 184 valence electrons. The molecule has 0 aliphatic carbocycles. The van der Waals surface area contributed by atoms with Crippen LogP contribution < -0.4 is 16.0 Å². The molecule has 0 fully saturated rings. The summed E-state index contributed by atoms with van der Waals surface area (Å²) in [4.78, 5) is 40.0. The summed E-state index contributed by atoms with van der Waals surface area (Å²) in [5, 5.41) is 17.7. The zero-order chi connectivity index (χ0) is 25.0. The molecule has 0 saturated heterocycles. The normalized spacial score (nSPS) is 11.0. The number of anilines is 1. The van der Waals surface area contributed by atoms with Crippen LogP contribution in [0, 0.1) is 5.82 Å². The number of amides is 2. The number of benzene rings is 2. The van der Waals surface area contributed by atoms with Crippen molar-refractivity contribution < 1.29 is 23.9 Å². The predicted octanol–water partition coefficient (Wildman–Crippen LogP) is 2.88. The number of pyridine rings is 1. The van der Waals surface area contributed by atoms with Gasteiger partial charge in [-0.05, 0) is 53.4 Å². The number of carboxylic acids is 1. The molecular formula is C26H28FN4NaO4. The van der Waals surface area contributed by atoms with Crippen LogP contribution in [0.4, 0.5) is 10.2 Å². The average Bonchev–Trinajstić information content (AvgIpc) is 2.86. The van der Waals surface area contributed by atoms with E-state index in [1.54, 1.807) is 36.5 Å². The number of rotatable bonds is 12. The molecule has 10 heteroatoms. The molecule has 0 saturated carbocycles. The monoisotopic (exact) mass is 502 g/mol. The molecule has 8 nitrogen and oxygen atoms in total. The average molecular weight is 503 g/mol. The quantitative estimate of drug-likeness (QED) is 0.223. The Morgan fingerprint density at radius 2 is 1.72 bits per heavy atom. The standard InChI is InChI=1S/C26H27FN4O4.Na.H/c27-21-11-9-18(10-12-21)19-5-3-6-20(15-19)22(16-26(34)35)31-25(33)17-30-24(32)8-4-14-29-23-7-1-2-13-28-23;;/h1-3,5-7,9-13,15,22H,4,8,14,16-17H2,(H,28,29)(H,30,32)(H,31,33)(H,34,35);;. The summed E-state index contributed by atoms with van der Waals surface area (Å²) in [6.45, 7) is 0.294. The molecule has 0 radical (unpaired) electrons. The molecule has 1 unspecified atom stereocenters. The Morgan fingerprint density at radius 3 is 2.42 bits per heavy atom. The SMILES string of the molecule is O=C(O)CC(NC(=O)CNC(=O)CCCNc1ccccn1)c1cccc(-c2ccc(F)cc2)c1.[NaH]. The van der Waals surface area contributed by atoms with Crippen molar-refractivity contribution in [3.8, 4) is 11.1 Å². The number of aromatic nitrogens is 1. The Hall–Kier alpha value is -3.27. The molecule has 0 spiro atoms. The molecule has 1 atom stereocenters. The molecule has 2 aromatic carbocycles. The summed E-state index contributed by atoms with van der Waals surface area (Å²) < 4.78 is 13.2. The Bertz CT molecular complexity index is 1150. The Labute approximate surface area is 231 Å². The van der Waals surface area contributed by atoms with E-state index in [0.717, 1.165) is 16.9 Å². The summed E-state index contributed by atoms with van der Waals surface area (Å²) in [7, 11) is 0. The summed E-state index contributed by atoms with van der Waals surface area (Å²) in [5.74, 6) is -1.49. The first-order chi connectivity index (χ1) is 16.9. The van der Waals surface area contributed by atoms with Gasteiger partial charge >= 0.3 is 35.5 Å². The Morgan fingerprint density at radius 1 is 0.944 bits per heavy atom. The second kappa shape index (κ2) is 15.0. The van der Waals surface area contributed by atoms with Gasteiger partial charge in [0.05, 0.1) is 19.0 Å². The second-order valence-corrected chi connectivity index (χ2v) is 7.87. The number of carboxylic acid groups (broad SMARTS) is 1. The predicted molar refractivity (Wildman–Crippen MR) is 137 cm³/mol. The van der Waals surface area contributed by atoms with Crippen molar-refractivity contribution in [3.05, 3.63) is 84.3 Å². The third-order valence-electron chi connectivity index (χ3n) is 5.18. The van der Waals surface area contributed by atoms with E-state index in [4.69, 9.17) is 0 Å². The van der Waals surface area contributed by atoms with E-state index in [1.165, 1.54) is 12.1 Å². The molecule has 3 rings (SSSR count). The van der Waals surface area contributed by atoms with Crippen LogP contribution in [0.25, 0.3) is 11.1 Å². The molecule has 3 aromatic rings. The van der Waals surface area contributed by atoms with E-state index >= 15 is 0 Å². The zero-order valence-corrected chi connectivity index (χ0v) is 19.0. The van der Waals surface area contributed by atoms with Gasteiger partial charge in [0.15, 0.2) is 0 Å². The number of aliphatic carboxylic acids is 1. The summed E-state index contributed by atoms with van der Waals surface area (Å²) in [5.41, 5.74) is 2.12. The van der Waals surface area contributed by atoms with Gasteiger partial charge in [-0.3, -0.25) is 14.4 Å². The van der Waals surface area contributed by atoms with Gasteiger partial charge in [0.2, 0.25) is 11.8 Å². The molecule has 4 N–H and O–H groups in total.